The minimum atomic E-state index is -0.294. The first-order valence-electron chi connectivity index (χ1n) is 14.5. The van der Waals surface area contributed by atoms with E-state index in [1.54, 1.807) is 41.1 Å². The predicted molar refractivity (Wildman–Crippen MR) is 158 cm³/mol. The molecule has 0 radical (unpaired) electrons. The number of carbonyl (C=O) groups excluding carboxylic acids is 2. The van der Waals surface area contributed by atoms with Crippen LogP contribution in [-0.4, -0.2) is 65.2 Å². The molecule has 2 atom stereocenters. The lowest BCUT2D eigenvalue weighted by Crippen LogP contribution is -2.30. The number of likely N-dealkylation sites (tertiary alicyclic amines) is 1. The second-order valence-corrected chi connectivity index (χ2v) is 11.2. The highest BCUT2D eigenvalue weighted by atomic mass is 16.5. The number of ether oxygens (including phenoxy) is 1. The van der Waals surface area contributed by atoms with Crippen LogP contribution in [0.2, 0.25) is 0 Å². The monoisotopic (exact) mass is 571 g/mol. The van der Waals surface area contributed by atoms with E-state index < -0.39 is 0 Å². The summed E-state index contributed by atoms with van der Waals surface area (Å²) < 4.78 is 7.67. The van der Waals surface area contributed by atoms with Crippen molar-refractivity contribution in [3.8, 4) is 11.4 Å². The highest BCUT2D eigenvalue weighted by Gasteiger charge is 2.28. The smallest absolute Gasteiger partial charge is 0.267 e. The lowest BCUT2D eigenvalue weighted by Gasteiger charge is -2.22. The summed E-state index contributed by atoms with van der Waals surface area (Å²) in [4.78, 5) is 52.6. The van der Waals surface area contributed by atoms with Gasteiger partial charge in [-0.1, -0.05) is 13.8 Å². The van der Waals surface area contributed by atoms with Gasteiger partial charge in [-0.15, -0.1) is 0 Å². The molecule has 5 rings (SSSR count). The number of fused-ring (bicyclic) bond motifs is 1. The zero-order valence-electron chi connectivity index (χ0n) is 24.6. The van der Waals surface area contributed by atoms with Crippen LogP contribution in [0.15, 0.2) is 53.7 Å². The first kappa shape index (κ1) is 29.2. The zero-order valence-corrected chi connectivity index (χ0v) is 24.6. The van der Waals surface area contributed by atoms with Gasteiger partial charge in [-0.2, -0.15) is 15.0 Å². The molecule has 220 valence electrons. The van der Waals surface area contributed by atoms with Crippen molar-refractivity contribution in [1.82, 2.24) is 34.4 Å². The lowest BCUT2D eigenvalue weighted by molar-refractivity contribution is -0.123. The number of ketones is 2. The van der Waals surface area contributed by atoms with E-state index in [1.807, 2.05) is 27.7 Å². The van der Waals surface area contributed by atoms with Crippen molar-refractivity contribution >= 4 is 22.6 Å². The average molecular weight is 572 g/mol. The molecule has 0 spiro atoms. The summed E-state index contributed by atoms with van der Waals surface area (Å²) in [6.45, 7) is 9.71. The Kier molecular flexibility index (Phi) is 8.86. The Morgan fingerprint density at radius 3 is 2.62 bits per heavy atom. The molecule has 11 heteroatoms. The van der Waals surface area contributed by atoms with Gasteiger partial charge in [-0.05, 0) is 69.5 Å². The number of rotatable bonds is 12. The lowest BCUT2D eigenvalue weighted by atomic mass is 9.93. The average Bonchev–Trinajstić information content (AvgIpc) is 3.65. The molecule has 2 unspecified atom stereocenters. The van der Waals surface area contributed by atoms with Gasteiger partial charge in [0.2, 0.25) is 0 Å². The van der Waals surface area contributed by atoms with Crippen LogP contribution in [0.1, 0.15) is 63.1 Å². The Morgan fingerprint density at radius 2 is 1.88 bits per heavy atom. The Bertz CT molecular complexity index is 1630. The molecular formula is C31H37N7O4. The summed E-state index contributed by atoms with van der Waals surface area (Å²) >= 11 is 0. The molecular weight excluding hydrogens is 534 g/mol. The molecule has 0 saturated carbocycles. The minimum absolute atomic E-state index is 0.0387. The van der Waals surface area contributed by atoms with E-state index in [9.17, 15) is 14.4 Å². The second-order valence-electron chi connectivity index (χ2n) is 11.2. The van der Waals surface area contributed by atoms with Gasteiger partial charge >= 0.3 is 0 Å². The van der Waals surface area contributed by atoms with Gasteiger partial charge in [0, 0.05) is 30.6 Å². The van der Waals surface area contributed by atoms with Crippen molar-refractivity contribution in [2.24, 2.45) is 11.8 Å². The van der Waals surface area contributed by atoms with E-state index in [-0.39, 0.29) is 35.8 Å². The van der Waals surface area contributed by atoms with E-state index in [0.29, 0.717) is 52.6 Å². The van der Waals surface area contributed by atoms with Gasteiger partial charge < -0.3 is 4.74 Å². The number of Topliss-reactive ketones (excluding diaryl/α,β-unsaturated/α-hetero) is 2. The maximum absolute atomic E-state index is 14.1. The summed E-state index contributed by atoms with van der Waals surface area (Å²) in [5, 5.41) is 8.45. The Labute approximate surface area is 244 Å². The summed E-state index contributed by atoms with van der Waals surface area (Å²) in [6.07, 6.45) is 6.79. The molecule has 3 aromatic heterocycles. The summed E-state index contributed by atoms with van der Waals surface area (Å²) in [7, 11) is 0. The maximum atomic E-state index is 14.1. The van der Waals surface area contributed by atoms with Crippen LogP contribution < -0.4 is 10.3 Å². The summed E-state index contributed by atoms with van der Waals surface area (Å²) in [5.41, 5.74) is 0.897. The third kappa shape index (κ3) is 6.46. The van der Waals surface area contributed by atoms with Crippen molar-refractivity contribution in [2.75, 3.05) is 13.1 Å². The van der Waals surface area contributed by atoms with Gasteiger partial charge in [0.05, 0.1) is 36.1 Å². The van der Waals surface area contributed by atoms with Crippen molar-refractivity contribution in [3.63, 3.8) is 0 Å². The maximum Gasteiger partial charge on any atom is 0.267 e. The molecule has 11 nitrogen and oxygen atoms in total. The van der Waals surface area contributed by atoms with Gasteiger partial charge in [-0.3, -0.25) is 23.9 Å². The number of aromatic nitrogens is 6. The molecule has 4 heterocycles. The van der Waals surface area contributed by atoms with Gasteiger partial charge in [0.15, 0.2) is 11.4 Å². The number of carbonyl (C=O) groups is 2. The van der Waals surface area contributed by atoms with Crippen LogP contribution in [0, 0.1) is 11.8 Å². The fraction of sp³-hybridized carbons (Fsp3) is 0.452. The van der Waals surface area contributed by atoms with Crippen molar-refractivity contribution < 1.29 is 14.3 Å². The summed E-state index contributed by atoms with van der Waals surface area (Å²) in [6, 6.07) is 8.49. The number of hydrogen-bond acceptors (Lipinski definition) is 9. The Balaban J connectivity index is 1.54. The quantitative estimate of drug-likeness (QED) is 0.233. The molecule has 0 aliphatic carbocycles. The molecule has 0 bridgehead atoms. The predicted octanol–water partition coefficient (Wildman–Crippen LogP) is 3.87. The van der Waals surface area contributed by atoms with Crippen molar-refractivity contribution in [1.29, 1.82) is 0 Å². The van der Waals surface area contributed by atoms with Crippen LogP contribution in [-0.2, 0) is 17.9 Å². The first-order valence-corrected chi connectivity index (χ1v) is 14.5. The highest BCUT2D eigenvalue weighted by molar-refractivity contribution is 5.96. The first-order chi connectivity index (χ1) is 20.2. The summed E-state index contributed by atoms with van der Waals surface area (Å²) in [5.74, 6) is 1.38. The van der Waals surface area contributed by atoms with Crippen LogP contribution in [0.4, 0.5) is 0 Å². The van der Waals surface area contributed by atoms with Gasteiger partial charge in [-0.25, -0.2) is 9.97 Å². The van der Waals surface area contributed by atoms with Crippen molar-refractivity contribution in [3.05, 3.63) is 70.7 Å². The van der Waals surface area contributed by atoms with Crippen LogP contribution in [0.3, 0.4) is 0 Å². The molecule has 42 heavy (non-hydrogen) atoms. The fourth-order valence-corrected chi connectivity index (χ4v) is 5.32. The highest BCUT2D eigenvalue weighted by Crippen LogP contribution is 2.29. The van der Waals surface area contributed by atoms with E-state index in [4.69, 9.17) is 9.72 Å². The van der Waals surface area contributed by atoms with Crippen LogP contribution >= 0.6 is 0 Å². The standard InChI is InChI=1S/C31H37N7O4/c1-5-21(4)26(39)15-22-10-14-36(17-22)19-29-35-30-24(7-6-11-32-30)31(41)38(29)25-16-23(8-9-28(25)42-20(2)3)27(40)18-37-33-12-13-34-37/h6-9,11-13,16,20-22H,5,10,14-15,17-19H2,1-4H3. The van der Waals surface area contributed by atoms with E-state index in [2.05, 4.69) is 20.1 Å². The molecule has 1 aliphatic rings. The van der Waals surface area contributed by atoms with E-state index >= 15 is 0 Å². The molecule has 1 aliphatic heterocycles. The number of benzene rings is 1. The van der Waals surface area contributed by atoms with E-state index in [1.165, 1.54) is 17.2 Å². The molecule has 1 aromatic carbocycles. The molecule has 1 fully saturated rings. The van der Waals surface area contributed by atoms with Gasteiger partial charge in [0.25, 0.3) is 5.56 Å². The topological polar surface area (TPSA) is 125 Å². The third-order valence-electron chi connectivity index (χ3n) is 7.74. The largest absolute Gasteiger partial charge is 0.489 e. The minimum Gasteiger partial charge on any atom is -0.489 e. The van der Waals surface area contributed by atoms with E-state index in [0.717, 1.165) is 25.9 Å². The normalized spacial score (nSPS) is 16.3. The third-order valence-corrected chi connectivity index (χ3v) is 7.74. The zero-order chi connectivity index (χ0) is 29.8. The Hall–Kier alpha value is -4.25. The van der Waals surface area contributed by atoms with Gasteiger partial charge in [0.1, 0.15) is 23.9 Å². The second kappa shape index (κ2) is 12.7. The van der Waals surface area contributed by atoms with Crippen molar-refractivity contribution in [2.45, 2.75) is 66.2 Å². The Morgan fingerprint density at radius 1 is 1.10 bits per heavy atom. The van der Waals surface area contributed by atoms with Crippen LogP contribution in [0.25, 0.3) is 16.7 Å². The molecule has 0 amide bonds. The van der Waals surface area contributed by atoms with Crippen LogP contribution in [0.5, 0.6) is 5.75 Å². The molecule has 0 N–H and O–H groups in total. The number of nitrogens with zero attached hydrogens (tertiary/aromatic N) is 7. The number of pyridine rings is 1. The molecule has 4 aromatic rings. The molecule has 1 saturated heterocycles. The fourth-order valence-electron chi connectivity index (χ4n) is 5.32. The number of hydrogen-bond donors (Lipinski definition) is 0. The SMILES string of the molecule is CCC(C)C(=O)CC1CCN(Cc2nc3ncccc3c(=O)n2-c2cc(C(=O)Cn3nccn3)ccc2OC(C)C)C1.